The van der Waals surface area contributed by atoms with E-state index >= 15 is 0 Å². The lowest BCUT2D eigenvalue weighted by Crippen LogP contribution is -2.38. The van der Waals surface area contributed by atoms with Crippen molar-refractivity contribution in [2.75, 3.05) is 13.1 Å². The fourth-order valence-corrected chi connectivity index (χ4v) is 0.985. The molecule has 0 saturated carbocycles. The standard InChI is InChI=1S/C11H22N2O2/c1-4-5-6-10(14)13-8-11(15)12-7-9(2)3/h9H,4-8H2,1-3H3,(H,12,15)(H,13,14). The van der Waals surface area contributed by atoms with E-state index in [1.54, 1.807) is 0 Å². The van der Waals surface area contributed by atoms with Gasteiger partial charge < -0.3 is 10.6 Å². The van der Waals surface area contributed by atoms with E-state index in [0.29, 0.717) is 18.9 Å². The van der Waals surface area contributed by atoms with E-state index in [1.165, 1.54) is 0 Å². The van der Waals surface area contributed by atoms with Gasteiger partial charge in [-0.05, 0) is 12.3 Å². The van der Waals surface area contributed by atoms with Gasteiger partial charge in [0.1, 0.15) is 0 Å². The lowest BCUT2D eigenvalue weighted by atomic mass is 10.2. The molecule has 88 valence electrons. The minimum Gasteiger partial charge on any atom is -0.354 e. The van der Waals surface area contributed by atoms with E-state index in [2.05, 4.69) is 10.6 Å². The molecule has 0 aliphatic heterocycles. The SMILES string of the molecule is CCCCC(=O)NCC(=O)NCC(C)C. The average Bonchev–Trinajstić information content (AvgIpc) is 2.20. The molecule has 2 N–H and O–H groups in total. The second-order valence-corrected chi connectivity index (χ2v) is 4.08. The molecular weight excluding hydrogens is 192 g/mol. The maximum atomic E-state index is 11.2. The summed E-state index contributed by atoms with van der Waals surface area (Å²) in [6.45, 7) is 6.84. The number of amides is 2. The van der Waals surface area contributed by atoms with Crippen LogP contribution < -0.4 is 10.6 Å². The first-order valence-electron chi connectivity index (χ1n) is 5.59. The highest BCUT2D eigenvalue weighted by atomic mass is 16.2. The molecule has 0 rings (SSSR count). The molecule has 0 spiro atoms. The van der Waals surface area contributed by atoms with Crippen molar-refractivity contribution in [2.24, 2.45) is 5.92 Å². The molecule has 0 aromatic heterocycles. The van der Waals surface area contributed by atoms with Crippen LogP contribution in [0.4, 0.5) is 0 Å². The van der Waals surface area contributed by atoms with Crippen LogP contribution in [-0.2, 0) is 9.59 Å². The van der Waals surface area contributed by atoms with E-state index in [9.17, 15) is 9.59 Å². The summed E-state index contributed by atoms with van der Waals surface area (Å²) < 4.78 is 0. The fourth-order valence-electron chi connectivity index (χ4n) is 0.985. The van der Waals surface area contributed by atoms with Crippen LogP contribution in [0.5, 0.6) is 0 Å². The Balaban J connectivity index is 3.49. The zero-order valence-electron chi connectivity index (χ0n) is 9.93. The van der Waals surface area contributed by atoms with E-state index in [4.69, 9.17) is 0 Å². The topological polar surface area (TPSA) is 58.2 Å². The maximum absolute atomic E-state index is 11.2. The molecule has 0 unspecified atom stereocenters. The van der Waals surface area contributed by atoms with Gasteiger partial charge in [0, 0.05) is 13.0 Å². The molecule has 0 heterocycles. The smallest absolute Gasteiger partial charge is 0.239 e. The third-order valence-corrected chi connectivity index (χ3v) is 1.91. The van der Waals surface area contributed by atoms with E-state index in [-0.39, 0.29) is 18.4 Å². The number of carbonyl (C=O) groups excluding carboxylic acids is 2. The Morgan fingerprint density at radius 1 is 1.13 bits per heavy atom. The van der Waals surface area contributed by atoms with Gasteiger partial charge in [-0.15, -0.1) is 0 Å². The van der Waals surface area contributed by atoms with Gasteiger partial charge in [0.25, 0.3) is 0 Å². The Morgan fingerprint density at radius 3 is 2.33 bits per heavy atom. The first-order chi connectivity index (χ1) is 7.06. The Hall–Kier alpha value is -1.06. The van der Waals surface area contributed by atoms with Crippen molar-refractivity contribution < 1.29 is 9.59 Å². The van der Waals surface area contributed by atoms with Crippen molar-refractivity contribution in [3.63, 3.8) is 0 Å². The zero-order chi connectivity index (χ0) is 11.7. The van der Waals surface area contributed by atoms with Crippen molar-refractivity contribution in [3.05, 3.63) is 0 Å². The third-order valence-electron chi connectivity index (χ3n) is 1.91. The lowest BCUT2D eigenvalue weighted by Gasteiger charge is -2.08. The molecule has 0 aromatic rings. The highest BCUT2D eigenvalue weighted by Gasteiger charge is 2.04. The summed E-state index contributed by atoms with van der Waals surface area (Å²) >= 11 is 0. The van der Waals surface area contributed by atoms with Crippen molar-refractivity contribution in [1.29, 1.82) is 0 Å². The Morgan fingerprint density at radius 2 is 1.80 bits per heavy atom. The molecule has 4 heteroatoms. The van der Waals surface area contributed by atoms with E-state index in [1.807, 2.05) is 20.8 Å². The number of nitrogens with one attached hydrogen (secondary N) is 2. The molecule has 0 aromatic carbocycles. The molecule has 0 aliphatic rings. The van der Waals surface area contributed by atoms with Gasteiger partial charge >= 0.3 is 0 Å². The number of rotatable bonds is 7. The fraction of sp³-hybridized carbons (Fsp3) is 0.818. The first kappa shape index (κ1) is 13.9. The second kappa shape index (κ2) is 8.26. The summed E-state index contributed by atoms with van der Waals surface area (Å²) in [5.74, 6) is 0.273. The van der Waals surface area contributed by atoms with Gasteiger partial charge in [0.05, 0.1) is 6.54 Å². The minimum absolute atomic E-state index is 0.0449. The summed E-state index contributed by atoms with van der Waals surface area (Å²) in [7, 11) is 0. The third kappa shape index (κ3) is 9.25. The van der Waals surface area contributed by atoms with Crippen LogP contribution in [0.25, 0.3) is 0 Å². The number of hydrogen-bond acceptors (Lipinski definition) is 2. The second-order valence-electron chi connectivity index (χ2n) is 4.08. The lowest BCUT2D eigenvalue weighted by molar-refractivity contribution is -0.126. The quantitative estimate of drug-likeness (QED) is 0.666. The molecule has 0 atom stereocenters. The van der Waals surface area contributed by atoms with Gasteiger partial charge in [-0.3, -0.25) is 9.59 Å². The predicted octanol–water partition coefficient (Wildman–Crippen LogP) is 1.06. The molecule has 0 saturated heterocycles. The van der Waals surface area contributed by atoms with Gasteiger partial charge in [0.15, 0.2) is 0 Å². The highest BCUT2D eigenvalue weighted by Crippen LogP contribution is 1.92. The van der Waals surface area contributed by atoms with Crippen LogP contribution in [0.15, 0.2) is 0 Å². The number of carbonyl (C=O) groups is 2. The average molecular weight is 214 g/mol. The monoisotopic (exact) mass is 214 g/mol. The first-order valence-corrected chi connectivity index (χ1v) is 5.59. The van der Waals surface area contributed by atoms with Crippen molar-refractivity contribution >= 4 is 11.8 Å². The zero-order valence-corrected chi connectivity index (χ0v) is 9.93. The molecule has 15 heavy (non-hydrogen) atoms. The van der Waals surface area contributed by atoms with Crippen molar-refractivity contribution in [2.45, 2.75) is 40.0 Å². The number of unbranched alkanes of at least 4 members (excludes halogenated alkanes) is 1. The van der Waals surface area contributed by atoms with Crippen LogP contribution in [0.3, 0.4) is 0 Å². The molecule has 2 amide bonds. The van der Waals surface area contributed by atoms with E-state index < -0.39 is 0 Å². The summed E-state index contributed by atoms with van der Waals surface area (Å²) in [4.78, 5) is 22.4. The van der Waals surface area contributed by atoms with Gasteiger partial charge in [0.2, 0.25) is 11.8 Å². The highest BCUT2D eigenvalue weighted by molar-refractivity contribution is 5.84. The minimum atomic E-state index is -0.117. The van der Waals surface area contributed by atoms with Crippen LogP contribution in [-0.4, -0.2) is 24.9 Å². The van der Waals surface area contributed by atoms with Gasteiger partial charge in [-0.1, -0.05) is 27.2 Å². The van der Waals surface area contributed by atoms with Crippen molar-refractivity contribution in [3.8, 4) is 0 Å². The summed E-state index contributed by atoms with van der Waals surface area (Å²) in [6.07, 6.45) is 2.38. The maximum Gasteiger partial charge on any atom is 0.239 e. The summed E-state index contributed by atoms with van der Waals surface area (Å²) in [5.41, 5.74) is 0. The Bertz CT molecular complexity index is 203. The number of hydrogen-bond donors (Lipinski definition) is 2. The molecule has 0 bridgehead atoms. The van der Waals surface area contributed by atoms with Gasteiger partial charge in [-0.2, -0.15) is 0 Å². The van der Waals surface area contributed by atoms with Crippen LogP contribution in [0.2, 0.25) is 0 Å². The van der Waals surface area contributed by atoms with Gasteiger partial charge in [-0.25, -0.2) is 0 Å². The van der Waals surface area contributed by atoms with Crippen LogP contribution in [0.1, 0.15) is 40.0 Å². The normalized spacial score (nSPS) is 10.1. The Kier molecular flexibility index (Phi) is 7.68. The molecule has 0 radical (unpaired) electrons. The largest absolute Gasteiger partial charge is 0.354 e. The summed E-state index contributed by atoms with van der Waals surface area (Å²) in [5, 5.41) is 5.33. The van der Waals surface area contributed by atoms with Crippen LogP contribution >= 0.6 is 0 Å². The molecule has 4 nitrogen and oxygen atoms in total. The van der Waals surface area contributed by atoms with Crippen molar-refractivity contribution in [1.82, 2.24) is 10.6 Å². The molecule has 0 aliphatic carbocycles. The predicted molar refractivity (Wildman–Crippen MR) is 60.4 cm³/mol. The molecular formula is C11H22N2O2. The molecule has 0 fully saturated rings. The van der Waals surface area contributed by atoms with E-state index in [0.717, 1.165) is 12.8 Å². The summed E-state index contributed by atoms with van der Waals surface area (Å²) in [6, 6.07) is 0. The Labute approximate surface area is 91.8 Å². The van der Waals surface area contributed by atoms with Crippen LogP contribution in [0, 0.1) is 5.92 Å².